The zero-order valence-electron chi connectivity index (χ0n) is 8.20. The predicted molar refractivity (Wildman–Crippen MR) is 53.4 cm³/mol. The predicted octanol–water partition coefficient (Wildman–Crippen LogP) is 1.05. The van der Waals surface area contributed by atoms with Crippen molar-refractivity contribution < 1.29 is 19.6 Å². The molecule has 0 saturated carbocycles. The average Bonchev–Trinajstić information content (AvgIpc) is 2.17. The number of benzene rings is 1. The summed E-state index contributed by atoms with van der Waals surface area (Å²) in [6, 6.07) is 6.01. The number of hydrogen-bond donors (Lipinski definition) is 1. The SMILES string of the molecule is O=C(O)CC(=O)C(c1ccccc1)[N+](=O)[O-]. The fraction of sp³-hybridized carbons (Fsp3) is 0.200. The van der Waals surface area contributed by atoms with E-state index in [4.69, 9.17) is 5.11 Å². The standard InChI is InChI=1S/C10H9NO5/c12-8(6-9(13)14)10(11(15)16)7-4-2-1-3-5-7/h1-5,10H,6H2,(H,13,14). The van der Waals surface area contributed by atoms with Gasteiger partial charge < -0.3 is 5.11 Å². The van der Waals surface area contributed by atoms with Crippen LogP contribution in [-0.4, -0.2) is 21.8 Å². The van der Waals surface area contributed by atoms with Crippen LogP contribution in [0.4, 0.5) is 0 Å². The van der Waals surface area contributed by atoms with E-state index in [9.17, 15) is 19.7 Å². The summed E-state index contributed by atoms with van der Waals surface area (Å²) >= 11 is 0. The number of aliphatic carboxylic acids is 1. The molecule has 6 nitrogen and oxygen atoms in total. The highest BCUT2D eigenvalue weighted by Crippen LogP contribution is 2.18. The van der Waals surface area contributed by atoms with Gasteiger partial charge in [0.15, 0.2) is 0 Å². The number of rotatable bonds is 5. The highest BCUT2D eigenvalue weighted by atomic mass is 16.6. The second-order valence-corrected chi connectivity index (χ2v) is 3.14. The molecule has 1 unspecified atom stereocenters. The first kappa shape index (κ1) is 11.8. The van der Waals surface area contributed by atoms with Crippen LogP contribution in [0, 0.1) is 10.1 Å². The topological polar surface area (TPSA) is 97.5 Å². The minimum Gasteiger partial charge on any atom is -0.481 e. The molecule has 0 saturated heterocycles. The Kier molecular flexibility index (Phi) is 3.71. The lowest BCUT2D eigenvalue weighted by Gasteiger charge is -2.06. The van der Waals surface area contributed by atoms with Gasteiger partial charge in [-0.1, -0.05) is 30.3 Å². The molecule has 84 valence electrons. The Bertz CT molecular complexity index is 414. The molecule has 1 atom stereocenters. The smallest absolute Gasteiger partial charge is 0.311 e. The van der Waals surface area contributed by atoms with Gasteiger partial charge in [0.2, 0.25) is 5.78 Å². The normalized spacial score (nSPS) is 11.8. The Balaban J connectivity index is 2.97. The van der Waals surface area contributed by atoms with Gasteiger partial charge in [-0.25, -0.2) is 0 Å². The van der Waals surface area contributed by atoms with Crippen molar-refractivity contribution in [1.29, 1.82) is 0 Å². The van der Waals surface area contributed by atoms with Gasteiger partial charge in [-0.05, 0) is 0 Å². The fourth-order valence-electron chi connectivity index (χ4n) is 1.31. The van der Waals surface area contributed by atoms with E-state index in [1.54, 1.807) is 18.2 Å². The van der Waals surface area contributed by atoms with Crippen LogP contribution in [-0.2, 0) is 9.59 Å². The zero-order chi connectivity index (χ0) is 12.1. The average molecular weight is 223 g/mol. The molecule has 1 N–H and O–H groups in total. The molecule has 0 aromatic heterocycles. The van der Waals surface area contributed by atoms with Crippen molar-refractivity contribution in [1.82, 2.24) is 0 Å². The van der Waals surface area contributed by atoms with Crippen molar-refractivity contribution >= 4 is 11.8 Å². The van der Waals surface area contributed by atoms with Gasteiger partial charge >= 0.3 is 5.97 Å². The molecule has 0 fully saturated rings. The van der Waals surface area contributed by atoms with Crippen molar-refractivity contribution in [3.63, 3.8) is 0 Å². The summed E-state index contributed by atoms with van der Waals surface area (Å²) in [5.74, 6) is -2.29. The van der Waals surface area contributed by atoms with Crippen molar-refractivity contribution in [2.75, 3.05) is 0 Å². The lowest BCUT2D eigenvalue weighted by atomic mass is 10.0. The summed E-state index contributed by atoms with van der Waals surface area (Å²) in [5, 5.41) is 19.1. The van der Waals surface area contributed by atoms with Crippen LogP contribution in [0.3, 0.4) is 0 Å². The van der Waals surface area contributed by atoms with Crippen LogP contribution >= 0.6 is 0 Å². The van der Waals surface area contributed by atoms with E-state index in [0.717, 1.165) is 0 Å². The van der Waals surface area contributed by atoms with Crippen molar-refractivity contribution in [2.45, 2.75) is 12.5 Å². The van der Waals surface area contributed by atoms with E-state index in [0.29, 0.717) is 0 Å². The van der Waals surface area contributed by atoms with E-state index in [2.05, 4.69) is 0 Å². The van der Waals surface area contributed by atoms with E-state index < -0.39 is 29.1 Å². The Morgan fingerprint density at radius 1 is 1.31 bits per heavy atom. The number of carbonyl (C=O) groups is 2. The molecule has 1 aromatic carbocycles. The van der Waals surface area contributed by atoms with Crippen LogP contribution in [0.15, 0.2) is 30.3 Å². The van der Waals surface area contributed by atoms with Gasteiger partial charge in [0.25, 0.3) is 6.04 Å². The third-order valence-electron chi connectivity index (χ3n) is 1.96. The van der Waals surface area contributed by atoms with Crippen molar-refractivity contribution in [3.8, 4) is 0 Å². The largest absolute Gasteiger partial charge is 0.481 e. The van der Waals surface area contributed by atoms with E-state index in [-0.39, 0.29) is 5.56 Å². The summed E-state index contributed by atoms with van der Waals surface area (Å²) in [5.41, 5.74) is 0.193. The number of carboxylic acid groups (broad SMARTS) is 1. The Morgan fingerprint density at radius 2 is 1.88 bits per heavy atom. The molecule has 1 aromatic rings. The number of carboxylic acids is 1. The number of nitro groups is 1. The summed E-state index contributed by atoms with van der Waals surface area (Å²) in [6.45, 7) is 0. The number of ketones is 1. The Labute approximate surface area is 90.7 Å². The van der Waals surface area contributed by atoms with Crippen molar-refractivity contribution in [2.24, 2.45) is 0 Å². The van der Waals surface area contributed by atoms with Gasteiger partial charge in [-0.15, -0.1) is 0 Å². The molecule has 0 heterocycles. The van der Waals surface area contributed by atoms with Crippen molar-refractivity contribution in [3.05, 3.63) is 46.0 Å². The lowest BCUT2D eigenvalue weighted by molar-refractivity contribution is -0.513. The second kappa shape index (κ2) is 5.01. The first-order chi connectivity index (χ1) is 7.52. The fourth-order valence-corrected chi connectivity index (χ4v) is 1.31. The summed E-state index contributed by atoms with van der Waals surface area (Å²) in [7, 11) is 0. The first-order valence-corrected chi connectivity index (χ1v) is 4.45. The molecule has 0 radical (unpaired) electrons. The minimum absolute atomic E-state index is 0.193. The lowest BCUT2D eigenvalue weighted by Crippen LogP contribution is -2.23. The van der Waals surface area contributed by atoms with Gasteiger partial charge in [0.1, 0.15) is 6.42 Å². The van der Waals surface area contributed by atoms with Gasteiger partial charge in [0.05, 0.1) is 0 Å². The van der Waals surface area contributed by atoms with Gasteiger partial charge in [-0.2, -0.15) is 0 Å². The van der Waals surface area contributed by atoms with Crippen LogP contribution in [0.1, 0.15) is 18.0 Å². The quantitative estimate of drug-likeness (QED) is 0.457. The molecule has 0 amide bonds. The second-order valence-electron chi connectivity index (χ2n) is 3.14. The van der Waals surface area contributed by atoms with Gasteiger partial charge in [0, 0.05) is 10.5 Å². The molecular weight excluding hydrogens is 214 g/mol. The number of carbonyl (C=O) groups excluding carboxylic acids is 1. The number of nitrogens with zero attached hydrogens (tertiary/aromatic N) is 1. The molecule has 1 rings (SSSR count). The molecule has 0 aliphatic rings. The maximum absolute atomic E-state index is 11.4. The number of hydrogen-bond acceptors (Lipinski definition) is 4. The molecule has 0 spiro atoms. The summed E-state index contributed by atoms with van der Waals surface area (Å²) in [6.07, 6.45) is -0.847. The Morgan fingerprint density at radius 3 is 2.31 bits per heavy atom. The molecule has 0 aliphatic heterocycles. The molecule has 16 heavy (non-hydrogen) atoms. The highest BCUT2D eigenvalue weighted by molar-refractivity contribution is 5.97. The van der Waals surface area contributed by atoms with Crippen LogP contribution in [0.2, 0.25) is 0 Å². The third-order valence-corrected chi connectivity index (χ3v) is 1.96. The van der Waals surface area contributed by atoms with E-state index in [1.165, 1.54) is 12.1 Å². The first-order valence-electron chi connectivity index (χ1n) is 4.45. The highest BCUT2D eigenvalue weighted by Gasteiger charge is 2.32. The minimum atomic E-state index is -1.60. The molecular formula is C10H9NO5. The van der Waals surface area contributed by atoms with Crippen LogP contribution in [0.5, 0.6) is 0 Å². The summed E-state index contributed by atoms with van der Waals surface area (Å²) < 4.78 is 0. The van der Waals surface area contributed by atoms with Crippen LogP contribution in [0.25, 0.3) is 0 Å². The van der Waals surface area contributed by atoms with E-state index >= 15 is 0 Å². The maximum Gasteiger partial charge on any atom is 0.311 e. The van der Waals surface area contributed by atoms with Gasteiger partial charge in [-0.3, -0.25) is 19.7 Å². The summed E-state index contributed by atoms with van der Waals surface area (Å²) in [4.78, 5) is 31.6. The van der Waals surface area contributed by atoms with Crippen LogP contribution < -0.4 is 0 Å². The monoisotopic (exact) mass is 223 g/mol. The molecule has 0 aliphatic carbocycles. The Hall–Kier alpha value is -2.24. The third kappa shape index (κ3) is 2.88. The zero-order valence-corrected chi connectivity index (χ0v) is 8.20. The van der Waals surface area contributed by atoms with E-state index in [1.807, 2.05) is 0 Å². The number of Topliss-reactive ketones (excluding diaryl/α,β-unsaturated/α-hetero) is 1. The molecule has 0 bridgehead atoms. The molecule has 6 heteroatoms. The maximum atomic E-state index is 11.4.